The Kier molecular flexibility index (Phi) is 5.66. The molecule has 2 aliphatic rings. The summed E-state index contributed by atoms with van der Waals surface area (Å²) in [7, 11) is 0. The van der Waals surface area contributed by atoms with Crippen LogP contribution in [-0.2, 0) is 10.2 Å². The summed E-state index contributed by atoms with van der Waals surface area (Å²) in [4.78, 5) is 12.4. The number of fused-ring (bicyclic) bond motifs is 1. The van der Waals surface area contributed by atoms with E-state index in [0.29, 0.717) is 19.8 Å². The zero-order chi connectivity index (χ0) is 16.5. The number of amides is 1. The van der Waals surface area contributed by atoms with E-state index in [1.54, 1.807) is 0 Å². The van der Waals surface area contributed by atoms with Crippen LogP contribution in [0.15, 0.2) is 18.2 Å². The van der Waals surface area contributed by atoms with Gasteiger partial charge < -0.3 is 20.5 Å². The smallest absolute Gasteiger partial charge is 0.240 e. The van der Waals surface area contributed by atoms with E-state index in [1.807, 2.05) is 18.2 Å². The quantitative estimate of drug-likeness (QED) is 0.871. The number of ether oxygens (including phenoxy) is 2. The molecule has 3 N–H and O–H groups in total. The fourth-order valence-corrected chi connectivity index (χ4v) is 3.28. The van der Waals surface area contributed by atoms with Gasteiger partial charge >= 0.3 is 0 Å². The lowest BCUT2D eigenvalue weighted by atomic mass is 9.84. The zero-order valence-corrected chi connectivity index (χ0v) is 15.2. The lowest BCUT2D eigenvalue weighted by Gasteiger charge is -2.30. The van der Waals surface area contributed by atoms with Crippen molar-refractivity contribution in [1.29, 1.82) is 0 Å². The third-order valence-electron chi connectivity index (χ3n) is 4.96. The van der Waals surface area contributed by atoms with E-state index in [2.05, 4.69) is 19.2 Å². The van der Waals surface area contributed by atoms with Gasteiger partial charge in [-0.05, 0) is 30.5 Å². The van der Waals surface area contributed by atoms with Crippen molar-refractivity contribution in [2.24, 2.45) is 5.73 Å². The molecule has 1 aromatic carbocycles. The number of nitrogens with one attached hydrogen (secondary N) is 1. The topological polar surface area (TPSA) is 73.6 Å². The van der Waals surface area contributed by atoms with Crippen LogP contribution in [0.1, 0.15) is 45.1 Å². The first-order chi connectivity index (χ1) is 10.9. The lowest BCUT2D eigenvalue weighted by molar-refractivity contribution is -0.126. The molecule has 0 bridgehead atoms. The Hall–Kier alpha value is -1.46. The molecule has 1 saturated carbocycles. The van der Waals surface area contributed by atoms with Gasteiger partial charge in [0.25, 0.3) is 0 Å². The van der Waals surface area contributed by atoms with Gasteiger partial charge in [0.15, 0.2) is 11.5 Å². The molecule has 134 valence electrons. The Labute approximate surface area is 149 Å². The molecule has 1 aliphatic heterocycles. The summed E-state index contributed by atoms with van der Waals surface area (Å²) in [6, 6.07) is 5.98. The second-order valence-corrected chi connectivity index (χ2v) is 7.29. The molecule has 1 heterocycles. The number of rotatable bonds is 4. The molecule has 1 aliphatic carbocycles. The van der Waals surface area contributed by atoms with Crippen LogP contribution in [0.5, 0.6) is 11.5 Å². The number of nitrogens with two attached hydrogens (primary N) is 1. The minimum Gasteiger partial charge on any atom is -0.486 e. The first-order valence-corrected chi connectivity index (χ1v) is 8.38. The lowest BCUT2D eigenvalue weighted by Crippen LogP contribution is -2.53. The molecule has 0 aromatic heterocycles. The molecule has 0 atom stereocenters. The second kappa shape index (κ2) is 7.19. The number of carbonyl (C=O) groups is 1. The van der Waals surface area contributed by atoms with Gasteiger partial charge in [0.1, 0.15) is 13.2 Å². The average molecular weight is 355 g/mol. The predicted octanol–water partition coefficient (Wildman–Crippen LogP) is 2.54. The molecule has 0 radical (unpaired) electrons. The van der Waals surface area contributed by atoms with Crippen LogP contribution >= 0.6 is 12.4 Å². The van der Waals surface area contributed by atoms with Crippen LogP contribution in [0.25, 0.3) is 0 Å². The minimum absolute atomic E-state index is 0. The fourth-order valence-electron chi connectivity index (χ4n) is 3.28. The Bertz CT molecular complexity index is 598. The number of carbonyl (C=O) groups excluding carboxylic acids is 1. The van der Waals surface area contributed by atoms with Gasteiger partial charge in [-0.25, -0.2) is 0 Å². The number of hydrogen-bond acceptors (Lipinski definition) is 4. The van der Waals surface area contributed by atoms with Gasteiger partial charge in [0, 0.05) is 12.0 Å². The number of hydrogen-bond donors (Lipinski definition) is 2. The van der Waals surface area contributed by atoms with Gasteiger partial charge in [-0.1, -0.05) is 32.8 Å². The third-order valence-corrected chi connectivity index (χ3v) is 4.96. The van der Waals surface area contributed by atoms with Crippen LogP contribution in [-0.4, -0.2) is 31.2 Å². The monoisotopic (exact) mass is 354 g/mol. The summed E-state index contributed by atoms with van der Waals surface area (Å²) in [5, 5.41) is 3.05. The van der Waals surface area contributed by atoms with Crippen molar-refractivity contribution in [3.8, 4) is 11.5 Å². The summed E-state index contributed by atoms with van der Waals surface area (Å²) in [6.07, 6.45) is 3.64. The third kappa shape index (κ3) is 3.78. The highest BCUT2D eigenvalue weighted by molar-refractivity contribution is 5.86. The molecule has 1 amide bonds. The minimum atomic E-state index is -0.678. The molecule has 0 unspecified atom stereocenters. The predicted molar refractivity (Wildman–Crippen MR) is 96.1 cm³/mol. The fraction of sp³-hybridized carbons (Fsp3) is 0.611. The van der Waals surface area contributed by atoms with Crippen molar-refractivity contribution >= 4 is 18.3 Å². The average Bonchev–Trinajstić information content (AvgIpc) is 3.00. The Morgan fingerprint density at radius 2 is 1.83 bits per heavy atom. The maximum absolute atomic E-state index is 12.4. The SMILES string of the molecule is CC(C)(CNC(=O)C1(N)CCCC1)c1ccc2c(c1)OCCO2.Cl. The number of halogens is 1. The summed E-state index contributed by atoms with van der Waals surface area (Å²) in [5.41, 5.74) is 6.44. The molecule has 1 aromatic rings. The highest BCUT2D eigenvalue weighted by Gasteiger charge is 2.37. The maximum atomic E-state index is 12.4. The molecular weight excluding hydrogens is 328 g/mol. The van der Waals surface area contributed by atoms with Crippen LogP contribution in [0.3, 0.4) is 0 Å². The highest BCUT2D eigenvalue weighted by Crippen LogP contribution is 2.35. The van der Waals surface area contributed by atoms with E-state index in [9.17, 15) is 4.79 Å². The molecule has 6 heteroatoms. The Balaban J connectivity index is 0.00000208. The Morgan fingerprint density at radius 1 is 1.21 bits per heavy atom. The molecule has 1 fully saturated rings. The largest absolute Gasteiger partial charge is 0.486 e. The van der Waals surface area contributed by atoms with Gasteiger partial charge in [-0.15, -0.1) is 12.4 Å². The first kappa shape index (κ1) is 18.9. The summed E-state index contributed by atoms with van der Waals surface area (Å²) in [5.74, 6) is 1.53. The van der Waals surface area contributed by atoms with Gasteiger partial charge in [0.2, 0.25) is 5.91 Å². The van der Waals surface area contributed by atoms with E-state index in [1.165, 1.54) is 0 Å². The first-order valence-electron chi connectivity index (χ1n) is 8.38. The number of benzene rings is 1. The molecule has 0 spiro atoms. The van der Waals surface area contributed by atoms with Crippen molar-refractivity contribution in [3.05, 3.63) is 23.8 Å². The maximum Gasteiger partial charge on any atom is 0.240 e. The van der Waals surface area contributed by atoms with Crippen LogP contribution in [0.2, 0.25) is 0 Å². The van der Waals surface area contributed by atoms with Crippen LogP contribution in [0, 0.1) is 0 Å². The van der Waals surface area contributed by atoms with Crippen molar-refractivity contribution < 1.29 is 14.3 Å². The van der Waals surface area contributed by atoms with Gasteiger partial charge in [-0.3, -0.25) is 4.79 Å². The van der Waals surface area contributed by atoms with E-state index in [4.69, 9.17) is 15.2 Å². The van der Waals surface area contributed by atoms with E-state index >= 15 is 0 Å². The molecule has 5 nitrogen and oxygen atoms in total. The normalized spacial score (nSPS) is 18.6. The summed E-state index contributed by atoms with van der Waals surface area (Å²) < 4.78 is 11.2. The van der Waals surface area contributed by atoms with E-state index in [-0.39, 0.29) is 23.7 Å². The van der Waals surface area contributed by atoms with Crippen molar-refractivity contribution in [3.63, 3.8) is 0 Å². The van der Waals surface area contributed by atoms with Crippen molar-refractivity contribution in [2.75, 3.05) is 19.8 Å². The van der Waals surface area contributed by atoms with E-state index < -0.39 is 5.54 Å². The highest BCUT2D eigenvalue weighted by atomic mass is 35.5. The van der Waals surface area contributed by atoms with Crippen molar-refractivity contribution in [1.82, 2.24) is 5.32 Å². The van der Waals surface area contributed by atoms with Crippen LogP contribution < -0.4 is 20.5 Å². The van der Waals surface area contributed by atoms with Crippen molar-refractivity contribution in [2.45, 2.75) is 50.5 Å². The van der Waals surface area contributed by atoms with E-state index in [0.717, 1.165) is 42.7 Å². The zero-order valence-electron chi connectivity index (χ0n) is 14.4. The van der Waals surface area contributed by atoms with Gasteiger partial charge in [-0.2, -0.15) is 0 Å². The van der Waals surface area contributed by atoms with Gasteiger partial charge in [0.05, 0.1) is 5.54 Å². The summed E-state index contributed by atoms with van der Waals surface area (Å²) in [6.45, 7) is 5.92. The molecule has 0 saturated heterocycles. The Morgan fingerprint density at radius 3 is 2.50 bits per heavy atom. The van der Waals surface area contributed by atoms with Crippen LogP contribution in [0.4, 0.5) is 0 Å². The standard InChI is InChI=1S/C18H26N2O3.ClH/c1-17(2,12-20-16(21)18(19)7-3-4-8-18)13-5-6-14-15(11-13)23-10-9-22-14;/h5-6,11H,3-4,7-10,12,19H2,1-2H3,(H,20,21);1H. The molecular formula is C18H27ClN2O3. The molecule has 3 rings (SSSR count). The molecule has 24 heavy (non-hydrogen) atoms. The second-order valence-electron chi connectivity index (χ2n) is 7.29. The summed E-state index contributed by atoms with van der Waals surface area (Å²) >= 11 is 0.